The van der Waals surface area contributed by atoms with E-state index in [9.17, 15) is 5.11 Å². The summed E-state index contributed by atoms with van der Waals surface area (Å²) in [7, 11) is 0. The van der Waals surface area contributed by atoms with Gasteiger partial charge in [0.05, 0.1) is 0 Å². The summed E-state index contributed by atoms with van der Waals surface area (Å²) >= 11 is 5.63. The number of hydrogen-bond donors (Lipinski definition) is 1. The highest BCUT2D eigenvalue weighted by Crippen LogP contribution is 2.44. The zero-order valence-electron chi connectivity index (χ0n) is 14.3. The van der Waals surface area contributed by atoms with Gasteiger partial charge in [0.25, 0.3) is 0 Å². The smallest absolute Gasteiger partial charge is 0.169 e. The minimum Gasteiger partial charge on any atom is -0.368 e. The first-order chi connectivity index (χ1) is 9.97. The summed E-state index contributed by atoms with van der Waals surface area (Å²) in [5.74, 6) is 0. The fourth-order valence-corrected chi connectivity index (χ4v) is 2.79. The van der Waals surface area contributed by atoms with Gasteiger partial charge in [0.15, 0.2) is 5.72 Å². The molecule has 1 aromatic carbocycles. The van der Waals surface area contributed by atoms with E-state index in [2.05, 4.69) is 20.8 Å². The van der Waals surface area contributed by atoms with Gasteiger partial charge < -0.3 is 5.11 Å². The van der Waals surface area contributed by atoms with Crippen molar-refractivity contribution in [1.82, 2.24) is 5.01 Å². The highest BCUT2D eigenvalue weighted by molar-refractivity contribution is 7.80. The van der Waals surface area contributed by atoms with Crippen molar-refractivity contribution in [3.8, 4) is 0 Å². The highest BCUT2D eigenvalue weighted by atomic mass is 32.1. The Hall–Kier alpha value is -1.26. The summed E-state index contributed by atoms with van der Waals surface area (Å²) in [5.41, 5.74) is 0.299. The van der Waals surface area contributed by atoms with Crippen molar-refractivity contribution >= 4 is 22.9 Å². The van der Waals surface area contributed by atoms with Crippen LogP contribution >= 0.6 is 12.2 Å². The number of benzene rings is 1. The summed E-state index contributed by atoms with van der Waals surface area (Å²) in [6, 6.07) is 9.76. The van der Waals surface area contributed by atoms with E-state index in [1.807, 2.05) is 51.1 Å². The molecule has 1 N–H and O–H groups in total. The lowest BCUT2D eigenvalue weighted by Gasteiger charge is -2.43. The lowest BCUT2D eigenvalue weighted by molar-refractivity contribution is -0.131. The first kappa shape index (κ1) is 17.1. The average Bonchev–Trinajstić information content (AvgIpc) is 2.78. The molecule has 1 heterocycles. The molecule has 1 atom stereocenters. The lowest BCUT2D eigenvalue weighted by Crippen LogP contribution is -2.54. The van der Waals surface area contributed by atoms with Crippen LogP contribution in [0.4, 0.5) is 0 Å². The SMILES string of the molecule is CC(C)(C)C1=NN(C(=S)c2ccccc2)C(O)(C(C)(C)C)C1. The Balaban J connectivity index is 2.48. The molecule has 1 aliphatic heterocycles. The monoisotopic (exact) mass is 318 g/mol. The minimum absolute atomic E-state index is 0.0969. The third kappa shape index (κ3) is 2.95. The lowest BCUT2D eigenvalue weighted by atomic mass is 9.76. The first-order valence-corrected chi connectivity index (χ1v) is 8.07. The zero-order chi connectivity index (χ0) is 16.8. The van der Waals surface area contributed by atoms with E-state index in [4.69, 9.17) is 17.3 Å². The number of nitrogens with zero attached hydrogens (tertiary/aromatic N) is 2. The fraction of sp³-hybridized carbons (Fsp3) is 0.556. The Morgan fingerprint density at radius 3 is 2.14 bits per heavy atom. The molecular weight excluding hydrogens is 292 g/mol. The molecule has 0 fully saturated rings. The summed E-state index contributed by atoms with van der Waals surface area (Å²) in [6.07, 6.45) is 0.507. The molecule has 3 nitrogen and oxygen atoms in total. The van der Waals surface area contributed by atoms with Crippen molar-refractivity contribution in [2.75, 3.05) is 0 Å². The Morgan fingerprint density at radius 1 is 1.14 bits per heavy atom. The van der Waals surface area contributed by atoms with Gasteiger partial charge in [-0.25, -0.2) is 5.01 Å². The molecule has 2 rings (SSSR count). The van der Waals surface area contributed by atoms with Gasteiger partial charge in [-0.05, 0) is 0 Å². The van der Waals surface area contributed by atoms with Crippen molar-refractivity contribution < 1.29 is 5.11 Å². The van der Waals surface area contributed by atoms with E-state index in [0.29, 0.717) is 11.4 Å². The number of hydrogen-bond acceptors (Lipinski definition) is 3. The van der Waals surface area contributed by atoms with Crippen LogP contribution in [0.25, 0.3) is 0 Å². The highest BCUT2D eigenvalue weighted by Gasteiger charge is 2.52. The van der Waals surface area contributed by atoms with Crippen molar-refractivity contribution in [3.05, 3.63) is 35.9 Å². The van der Waals surface area contributed by atoms with Gasteiger partial charge in [-0.2, -0.15) is 5.10 Å². The number of aliphatic hydroxyl groups is 1. The van der Waals surface area contributed by atoms with E-state index >= 15 is 0 Å². The van der Waals surface area contributed by atoms with Crippen LogP contribution in [-0.2, 0) is 0 Å². The van der Waals surface area contributed by atoms with E-state index in [1.165, 1.54) is 0 Å². The van der Waals surface area contributed by atoms with Crippen LogP contribution in [0.3, 0.4) is 0 Å². The molecule has 0 bridgehead atoms. The number of rotatable bonds is 1. The summed E-state index contributed by atoms with van der Waals surface area (Å²) in [6.45, 7) is 12.4. The van der Waals surface area contributed by atoms with Gasteiger partial charge in [0, 0.05) is 28.5 Å². The van der Waals surface area contributed by atoms with Crippen LogP contribution in [0.2, 0.25) is 0 Å². The van der Waals surface area contributed by atoms with Crippen LogP contribution < -0.4 is 0 Å². The Morgan fingerprint density at radius 2 is 1.68 bits per heavy atom. The molecule has 1 aromatic rings. The first-order valence-electron chi connectivity index (χ1n) is 7.67. The van der Waals surface area contributed by atoms with Crippen molar-refractivity contribution in [2.24, 2.45) is 15.9 Å². The predicted molar refractivity (Wildman–Crippen MR) is 95.9 cm³/mol. The van der Waals surface area contributed by atoms with Gasteiger partial charge in [-0.1, -0.05) is 84.1 Å². The number of hydrazone groups is 1. The molecule has 22 heavy (non-hydrogen) atoms. The molecule has 0 radical (unpaired) electrons. The third-order valence-corrected chi connectivity index (χ3v) is 4.67. The molecule has 0 saturated carbocycles. The molecule has 0 aromatic heterocycles. The molecule has 4 heteroatoms. The van der Waals surface area contributed by atoms with Crippen molar-refractivity contribution in [2.45, 2.75) is 53.7 Å². The molecule has 0 saturated heterocycles. The van der Waals surface area contributed by atoms with Crippen LogP contribution in [0, 0.1) is 10.8 Å². The van der Waals surface area contributed by atoms with Crippen LogP contribution in [0.5, 0.6) is 0 Å². The number of thiocarbonyl (C=S) groups is 1. The zero-order valence-corrected chi connectivity index (χ0v) is 15.2. The van der Waals surface area contributed by atoms with Gasteiger partial charge in [0.2, 0.25) is 0 Å². The predicted octanol–water partition coefficient (Wildman–Crippen LogP) is 4.20. The maximum atomic E-state index is 11.4. The van der Waals surface area contributed by atoms with Crippen LogP contribution in [-0.4, -0.2) is 26.5 Å². The van der Waals surface area contributed by atoms with Crippen molar-refractivity contribution in [1.29, 1.82) is 0 Å². The molecular formula is C18H26N2OS. The standard InChI is InChI=1S/C18H26N2OS/c1-16(2,3)14-12-18(21,17(4,5)6)20(19-14)15(22)13-10-8-7-9-11-13/h7-11,21H,12H2,1-6H3. The average molecular weight is 318 g/mol. The van der Waals surface area contributed by atoms with Gasteiger partial charge in [-0.3, -0.25) is 0 Å². The maximum absolute atomic E-state index is 11.4. The summed E-state index contributed by atoms with van der Waals surface area (Å²) in [5, 5.41) is 17.7. The largest absolute Gasteiger partial charge is 0.368 e. The second kappa shape index (κ2) is 5.43. The maximum Gasteiger partial charge on any atom is 0.169 e. The molecule has 0 spiro atoms. The quantitative estimate of drug-likeness (QED) is 0.788. The van der Waals surface area contributed by atoms with Crippen LogP contribution in [0.1, 0.15) is 53.5 Å². The topological polar surface area (TPSA) is 35.8 Å². The minimum atomic E-state index is -1.11. The fourth-order valence-electron chi connectivity index (χ4n) is 2.46. The Bertz CT molecular complexity index is 596. The molecule has 120 valence electrons. The molecule has 0 amide bonds. The molecule has 1 aliphatic rings. The second-order valence-corrected chi connectivity index (χ2v) is 8.41. The molecule has 1 unspecified atom stereocenters. The third-order valence-electron chi connectivity index (χ3n) is 4.27. The Kier molecular flexibility index (Phi) is 4.22. The summed E-state index contributed by atoms with van der Waals surface area (Å²) in [4.78, 5) is 0.567. The normalized spacial score (nSPS) is 22.7. The second-order valence-electron chi connectivity index (χ2n) is 8.02. The Labute approximate surface area is 139 Å². The van der Waals surface area contributed by atoms with E-state index in [0.717, 1.165) is 11.3 Å². The van der Waals surface area contributed by atoms with Gasteiger partial charge in [0.1, 0.15) is 4.99 Å². The van der Waals surface area contributed by atoms with Crippen LogP contribution in [0.15, 0.2) is 35.4 Å². The van der Waals surface area contributed by atoms with E-state index in [-0.39, 0.29) is 10.8 Å². The van der Waals surface area contributed by atoms with Crippen molar-refractivity contribution in [3.63, 3.8) is 0 Å². The summed E-state index contributed by atoms with van der Waals surface area (Å²) < 4.78 is 0. The van der Waals surface area contributed by atoms with Gasteiger partial charge >= 0.3 is 0 Å². The van der Waals surface area contributed by atoms with Gasteiger partial charge in [-0.15, -0.1) is 0 Å². The molecule has 0 aliphatic carbocycles. The van der Waals surface area contributed by atoms with E-state index < -0.39 is 5.72 Å². The van der Waals surface area contributed by atoms with E-state index in [1.54, 1.807) is 5.01 Å².